The normalized spacial score (nSPS) is 18.5. The average molecular weight is 351 g/mol. The zero-order valence-electron chi connectivity index (χ0n) is 13.9. The number of rotatable bonds is 2. The number of carbonyl (C=O) groups is 2. The molecule has 0 amide bonds. The first-order valence-electron chi connectivity index (χ1n) is 7.26. The molecule has 0 atom stereocenters. The van der Waals surface area contributed by atoms with Crippen LogP contribution < -0.4 is 69.3 Å². The second kappa shape index (κ2) is 9.35. The third-order valence-electron chi connectivity index (χ3n) is 4.09. The van der Waals surface area contributed by atoms with Crippen molar-refractivity contribution in [1.29, 1.82) is 0 Å². The minimum Gasteiger partial charge on any atom is -0.543 e. The number of piperidine rings is 1. The maximum Gasteiger partial charge on any atom is 1.00 e. The van der Waals surface area contributed by atoms with Crippen molar-refractivity contribution >= 4 is 17.5 Å². The molecular weight excluding hydrogens is 336 g/mol. The molecular formula is C14H15N3Na2O5. The Kier molecular flexibility index (Phi) is 8.44. The van der Waals surface area contributed by atoms with E-state index in [1.807, 2.05) is 0 Å². The SMILES string of the molecule is C1=C(c2nc(C3CC3)no2)C2CCN1CC2.O=C([O-])C(=O)[O-].[Na+].[Na+]. The summed E-state index contributed by atoms with van der Waals surface area (Å²) in [6.45, 7) is 2.38. The minimum absolute atomic E-state index is 0. The average Bonchev–Trinajstić information content (AvgIpc) is 3.26. The molecule has 1 aliphatic carbocycles. The molecule has 118 valence electrons. The van der Waals surface area contributed by atoms with Crippen LogP contribution in [0.4, 0.5) is 0 Å². The predicted molar refractivity (Wildman–Crippen MR) is 68.6 cm³/mol. The van der Waals surface area contributed by atoms with Gasteiger partial charge >= 0.3 is 59.1 Å². The first-order chi connectivity index (χ1) is 10.5. The van der Waals surface area contributed by atoms with Crippen LogP contribution in [0.15, 0.2) is 10.7 Å². The molecule has 0 aromatic carbocycles. The van der Waals surface area contributed by atoms with Crippen LogP contribution in [0.3, 0.4) is 0 Å². The number of aromatic nitrogens is 2. The number of fused-ring (bicyclic) bond motifs is 2. The molecule has 10 heteroatoms. The summed E-state index contributed by atoms with van der Waals surface area (Å²) in [5.41, 5.74) is 1.27. The maximum atomic E-state index is 8.93. The van der Waals surface area contributed by atoms with E-state index in [1.165, 1.54) is 44.3 Å². The fourth-order valence-corrected chi connectivity index (χ4v) is 2.73. The van der Waals surface area contributed by atoms with Crippen molar-refractivity contribution in [3.63, 3.8) is 0 Å². The van der Waals surface area contributed by atoms with E-state index in [2.05, 4.69) is 21.2 Å². The van der Waals surface area contributed by atoms with Crippen LogP contribution in [0.5, 0.6) is 0 Å². The fourth-order valence-electron chi connectivity index (χ4n) is 2.73. The van der Waals surface area contributed by atoms with Gasteiger partial charge in [0.2, 0.25) is 0 Å². The number of carboxylic acid groups (broad SMARTS) is 2. The summed E-state index contributed by atoms with van der Waals surface area (Å²) in [4.78, 5) is 24.8. The van der Waals surface area contributed by atoms with Crippen LogP contribution in [0.1, 0.15) is 43.3 Å². The van der Waals surface area contributed by atoms with E-state index in [1.54, 1.807) is 0 Å². The zero-order valence-corrected chi connectivity index (χ0v) is 17.9. The minimum atomic E-state index is -2.19. The van der Waals surface area contributed by atoms with E-state index < -0.39 is 11.9 Å². The van der Waals surface area contributed by atoms with Crippen molar-refractivity contribution in [1.82, 2.24) is 15.0 Å². The van der Waals surface area contributed by atoms with Crippen molar-refractivity contribution in [3.8, 4) is 0 Å². The van der Waals surface area contributed by atoms with Crippen molar-refractivity contribution < 1.29 is 83.4 Å². The molecule has 1 saturated carbocycles. The van der Waals surface area contributed by atoms with Gasteiger partial charge in [-0.3, -0.25) is 0 Å². The summed E-state index contributed by atoms with van der Waals surface area (Å²) in [5.74, 6) is -1.44. The van der Waals surface area contributed by atoms with Crippen molar-refractivity contribution in [2.24, 2.45) is 5.92 Å². The Balaban J connectivity index is 0.000000318. The third kappa shape index (κ3) is 5.31. The largest absolute Gasteiger partial charge is 1.00 e. The van der Waals surface area contributed by atoms with Crippen molar-refractivity contribution in [2.75, 3.05) is 13.1 Å². The summed E-state index contributed by atoms with van der Waals surface area (Å²) < 4.78 is 5.40. The Morgan fingerprint density at radius 1 is 1.04 bits per heavy atom. The third-order valence-corrected chi connectivity index (χ3v) is 4.09. The van der Waals surface area contributed by atoms with E-state index in [-0.39, 0.29) is 59.1 Å². The van der Waals surface area contributed by atoms with Gasteiger partial charge in [0.1, 0.15) is 0 Å². The van der Waals surface area contributed by atoms with Crippen LogP contribution in [0.25, 0.3) is 5.57 Å². The number of allylic oxidation sites excluding steroid dienone is 1. The van der Waals surface area contributed by atoms with Gasteiger partial charge in [-0.05, 0) is 31.6 Å². The fraction of sp³-hybridized carbons (Fsp3) is 0.571. The van der Waals surface area contributed by atoms with Gasteiger partial charge in [0, 0.05) is 30.8 Å². The van der Waals surface area contributed by atoms with E-state index in [9.17, 15) is 0 Å². The Labute approximate surface area is 183 Å². The van der Waals surface area contributed by atoms with Gasteiger partial charge in [0.15, 0.2) is 5.82 Å². The molecule has 3 aliphatic heterocycles. The number of nitrogens with zero attached hydrogens (tertiary/aromatic N) is 3. The summed E-state index contributed by atoms with van der Waals surface area (Å²) >= 11 is 0. The molecule has 4 aliphatic rings. The van der Waals surface area contributed by atoms with E-state index in [0.717, 1.165) is 11.7 Å². The quantitative estimate of drug-likeness (QED) is 0.380. The monoisotopic (exact) mass is 351 g/mol. The van der Waals surface area contributed by atoms with Gasteiger partial charge in [-0.2, -0.15) is 4.98 Å². The van der Waals surface area contributed by atoms with Crippen LogP contribution in [0, 0.1) is 5.92 Å². The van der Waals surface area contributed by atoms with Gasteiger partial charge in [-0.1, -0.05) is 5.16 Å². The Hall–Kier alpha value is -0.380. The smallest absolute Gasteiger partial charge is 0.543 e. The number of carboxylic acids is 2. The molecule has 2 fully saturated rings. The molecule has 1 aromatic heterocycles. The van der Waals surface area contributed by atoms with Gasteiger partial charge < -0.3 is 29.2 Å². The Bertz CT molecular complexity index is 610. The van der Waals surface area contributed by atoms with Gasteiger partial charge in [-0.25, -0.2) is 0 Å². The van der Waals surface area contributed by atoms with E-state index in [4.69, 9.17) is 24.3 Å². The summed E-state index contributed by atoms with van der Waals surface area (Å²) in [6, 6.07) is 0. The second-order valence-electron chi connectivity index (χ2n) is 5.70. The molecule has 4 heterocycles. The molecule has 0 radical (unpaired) electrons. The molecule has 2 bridgehead atoms. The molecule has 1 aromatic rings. The number of hydrogen-bond donors (Lipinski definition) is 0. The first-order valence-corrected chi connectivity index (χ1v) is 7.26. The standard InChI is InChI=1S/C12H15N3O.C2H2O4.2Na/c1-2-9(1)11-13-12(16-14-11)10-7-15-5-3-8(10)4-6-15;3-1(4)2(5)6;;/h7-9H,1-6H2;(H,3,4)(H,5,6);;/q;;2*+1/p-2. The molecule has 0 spiro atoms. The topological polar surface area (TPSA) is 122 Å². The Morgan fingerprint density at radius 2 is 1.62 bits per heavy atom. The van der Waals surface area contributed by atoms with Crippen LogP contribution in [0.2, 0.25) is 0 Å². The molecule has 8 nitrogen and oxygen atoms in total. The van der Waals surface area contributed by atoms with Gasteiger partial charge in [0.05, 0.1) is 11.9 Å². The number of aliphatic carboxylic acids is 2. The number of hydrogen-bond acceptors (Lipinski definition) is 8. The molecule has 1 saturated heterocycles. The first kappa shape index (κ1) is 21.7. The summed E-state index contributed by atoms with van der Waals surface area (Å²) in [5, 5.41) is 21.9. The summed E-state index contributed by atoms with van der Waals surface area (Å²) in [6.07, 6.45) is 7.17. The van der Waals surface area contributed by atoms with Gasteiger partial charge in [0.25, 0.3) is 5.89 Å². The molecule has 24 heavy (non-hydrogen) atoms. The Morgan fingerprint density at radius 3 is 2.04 bits per heavy atom. The van der Waals surface area contributed by atoms with Crippen LogP contribution >= 0.6 is 0 Å². The number of carbonyl (C=O) groups excluding carboxylic acids is 2. The van der Waals surface area contributed by atoms with E-state index in [0.29, 0.717) is 11.8 Å². The zero-order chi connectivity index (χ0) is 15.7. The second-order valence-corrected chi connectivity index (χ2v) is 5.70. The predicted octanol–water partition coefficient (Wildman–Crippen LogP) is -7.49. The molecule has 5 rings (SSSR count). The summed E-state index contributed by atoms with van der Waals surface area (Å²) in [7, 11) is 0. The van der Waals surface area contributed by atoms with Crippen LogP contribution in [-0.4, -0.2) is 40.1 Å². The van der Waals surface area contributed by atoms with Gasteiger partial charge in [-0.15, -0.1) is 0 Å². The van der Waals surface area contributed by atoms with Crippen molar-refractivity contribution in [3.05, 3.63) is 17.9 Å². The maximum absolute atomic E-state index is 8.93. The van der Waals surface area contributed by atoms with E-state index >= 15 is 0 Å². The van der Waals surface area contributed by atoms with Crippen LogP contribution in [-0.2, 0) is 9.59 Å². The van der Waals surface area contributed by atoms with Crippen molar-refractivity contribution in [2.45, 2.75) is 31.6 Å². The molecule has 0 N–H and O–H groups in total. The molecule has 0 unspecified atom stereocenters.